The summed E-state index contributed by atoms with van der Waals surface area (Å²) in [5.74, 6) is 0.798. The molecular formula is C21H22N4O3. The molecule has 1 saturated heterocycles. The molecule has 0 atom stereocenters. The van der Waals surface area contributed by atoms with Crippen LogP contribution in [0.5, 0.6) is 0 Å². The minimum atomic E-state index is -0.403. The van der Waals surface area contributed by atoms with Crippen molar-refractivity contribution >= 4 is 11.4 Å². The zero-order valence-corrected chi connectivity index (χ0v) is 15.5. The second-order valence-electron chi connectivity index (χ2n) is 6.90. The fourth-order valence-corrected chi connectivity index (χ4v) is 3.48. The van der Waals surface area contributed by atoms with E-state index in [1.807, 2.05) is 12.1 Å². The summed E-state index contributed by atoms with van der Waals surface area (Å²) >= 11 is 0. The van der Waals surface area contributed by atoms with Gasteiger partial charge in [-0.05, 0) is 12.1 Å². The van der Waals surface area contributed by atoms with Crippen LogP contribution < -0.4 is 4.90 Å². The lowest BCUT2D eigenvalue weighted by Gasteiger charge is -2.36. The number of hydrogen-bond acceptors (Lipinski definition) is 6. The number of para-hydroxylation sites is 1. The molecule has 0 unspecified atom stereocenters. The van der Waals surface area contributed by atoms with Crippen LogP contribution in [0.4, 0.5) is 11.4 Å². The Kier molecular flexibility index (Phi) is 5.34. The number of hydrogen-bond donors (Lipinski definition) is 0. The molecule has 4 rings (SSSR count). The van der Waals surface area contributed by atoms with Crippen molar-refractivity contribution in [3.8, 4) is 11.3 Å². The van der Waals surface area contributed by atoms with Crippen LogP contribution in [0.1, 0.15) is 5.76 Å². The zero-order valence-electron chi connectivity index (χ0n) is 15.5. The van der Waals surface area contributed by atoms with Crippen LogP contribution in [-0.4, -0.2) is 47.7 Å². The summed E-state index contributed by atoms with van der Waals surface area (Å²) in [6.07, 6.45) is 0.771. The van der Waals surface area contributed by atoms with Crippen LogP contribution in [0.25, 0.3) is 11.3 Å². The van der Waals surface area contributed by atoms with E-state index in [4.69, 9.17) is 4.52 Å². The largest absolute Gasteiger partial charge is 0.369 e. The minimum absolute atomic E-state index is 0.0540. The van der Waals surface area contributed by atoms with Gasteiger partial charge in [0.05, 0.1) is 4.92 Å². The molecule has 0 aliphatic carbocycles. The highest BCUT2D eigenvalue weighted by Crippen LogP contribution is 2.24. The molecule has 1 aliphatic rings. The number of piperazine rings is 1. The number of aromatic nitrogens is 1. The summed E-state index contributed by atoms with van der Waals surface area (Å²) in [7, 11) is 0. The molecule has 1 aromatic heterocycles. The van der Waals surface area contributed by atoms with Gasteiger partial charge in [-0.25, -0.2) is 0 Å². The third-order valence-electron chi connectivity index (χ3n) is 5.08. The van der Waals surface area contributed by atoms with Gasteiger partial charge in [0, 0.05) is 68.6 Å². The van der Waals surface area contributed by atoms with Crippen molar-refractivity contribution in [1.29, 1.82) is 0 Å². The SMILES string of the molecule is O=[N+]([O-])c1cccc(-c2cc(CCN3CCN(c4ccccc4)CC3)on2)c1. The summed E-state index contributed by atoms with van der Waals surface area (Å²) in [5.41, 5.74) is 2.66. The van der Waals surface area contributed by atoms with Gasteiger partial charge in [0.15, 0.2) is 0 Å². The molecule has 28 heavy (non-hydrogen) atoms. The molecule has 2 aromatic carbocycles. The highest BCUT2D eigenvalue weighted by atomic mass is 16.6. The van der Waals surface area contributed by atoms with Crippen LogP contribution in [0, 0.1) is 10.1 Å². The van der Waals surface area contributed by atoms with Crippen molar-refractivity contribution in [3.63, 3.8) is 0 Å². The van der Waals surface area contributed by atoms with Gasteiger partial charge >= 0.3 is 0 Å². The number of nitro groups is 1. The van der Waals surface area contributed by atoms with Crippen LogP contribution >= 0.6 is 0 Å². The molecular weight excluding hydrogens is 356 g/mol. The fraction of sp³-hybridized carbons (Fsp3) is 0.286. The Morgan fingerprint density at radius 3 is 2.54 bits per heavy atom. The van der Waals surface area contributed by atoms with E-state index in [-0.39, 0.29) is 5.69 Å². The van der Waals surface area contributed by atoms with Crippen LogP contribution in [-0.2, 0) is 6.42 Å². The first-order valence-electron chi connectivity index (χ1n) is 9.42. The van der Waals surface area contributed by atoms with Crippen molar-refractivity contribution < 1.29 is 9.45 Å². The highest BCUT2D eigenvalue weighted by Gasteiger charge is 2.18. The van der Waals surface area contributed by atoms with Crippen molar-refractivity contribution in [3.05, 3.63) is 76.5 Å². The predicted molar refractivity (Wildman–Crippen MR) is 107 cm³/mol. The minimum Gasteiger partial charge on any atom is -0.369 e. The van der Waals surface area contributed by atoms with Crippen LogP contribution in [0.15, 0.2) is 65.2 Å². The lowest BCUT2D eigenvalue weighted by molar-refractivity contribution is -0.384. The molecule has 1 fully saturated rings. The number of nitro benzene ring substituents is 1. The molecule has 1 aliphatic heterocycles. The molecule has 0 radical (unpaired) electrons. The van der Waals surface area contributed by atoms with Gasteiger partial charge in [-0.2, -0.15) is 0 Å². The maximum Gasteiger partial charge on any atom is 0.270 e. The third kappa shape index (κ3) is 4.20. The highest BCUT2D eigenvalue weighted by molar-refractivity contribution is 5.62. The van der Waals surface area contributed by atoms with E-state index in [9.17, 15) is 10.1 Å². The topological polar surface area (TPSA) is 75.7 Å². The Morgan fingerprint density at radius 1 is 1.00 bits per heavy atom. The average molecular weight is 378 g/mol. The van der Waals surface area contributed by atoms with Crippen molar-refractivity contribution in [2.24, 2.45) is 0 Å². The van der Waals surface area contributed by atoms with Crippen molar-refractivity contribution in [2.45, 2.75) is 6.42 Å². The smallest absolute Gasteiger partial charge is 0.270 e. The van der Waals surface area contributed by atoms with Gasteiger partial charge in [0.25, 0.3) is 5.69 Å². The number of non-ortho nitro benzene ring substituents is 1. The Balaban J connectivity index is 1.31. The number of benzene rings is 2. The lowest BCUT2D eigenvalue weighted by atomic mass is 10.1. The van der Waals surface area contributed by atoms with Gasteiger partial charge in [0.1, 0.15) is 11.5 Å². The summed E-state index contributed by atoms with van der Waals surface area (Å²) in [4.78, 5) is 15.4. The van der Waals surface area contributed by atoms with E-state index >= 15 is 0 Å². The van der Waals surface area contributed by atoms with E-state index in [1.54, 1.807) is 12.1 Å². The summed E-state index contributed by atoms with van der Waals surface area (Å²) < 4.78 is 5.44. The maximum absolute atomic E-state index is 10.9. The van der Waals surface area contributed by atoms with Gasteiger partial charge in [-0.3, -0.25) is 15.0 Å². The molecule has 0 spiro atoms. The quantitative estimate of drug-likeness (QED) is 0.482. The monoisotopic (exact) mass is 378 g/mol. The summed E-state index contributed by atoms with van der Waals surface area (Å²) in [6, 6.07) is 18.8. The van der Waals surface area contributed by atoms with E-state index in [0.717, 1.165) is 44.9 Å². The molecule has 7 heteroatoms. The molecule has 3 aromatic rings. The van der Waals surface area contributed by atoms with E-state index in [2.05, 4.69) is 39.2 Å². The maximum atomic E-state index is 10.9. The average Bonchev–Trinajstić information content (AvgIpc) is 3.22. The number of rotatable bonds is 6. The standard InChI is InChI=1S/C21H22N4O3/c26-25(27)19-8-4-5-17(15-19)21-16-20(28-22-21)9-10-23-11-13-24(14-12-23)18-6-2-1-3-7-18/h1-8,15-16H,9-14H2. The fourth-order valence-electron chi connectivity index (χ4n) is 3.48. The predicted octanol–water partition coefficient (Wildman–Crippen LogP) is 3.61. The second-order valence-corrected chi connectivity index (χ2v) is 6.90. The summed E-state index contributed by atoms with van der Waals surface area (Å²) in [5, 5.41) is 15.0. The first-order valence-corrected chi connectivity index (χ1v) is 9.42. The van der Waals surface area contributed by atoms with Crippen molar-refractivity contribution in [2.75, 3.05) is 37.6 Å². The first kappa shape index (κ1) is 18.2. The second kappa shape index (κ2) is 8.22. The lowest BCUT2D eigenvalue weighted by Crippen LogP contribution is -2.46. The Morgan fingerprint density at radius 2 is 1.79 bits per heavy atom. The van der Waals surface area contributed by atoms with Gasteiger partial charge in [0.2, 0.25) is 0 Å². The molecule has 144 valence electrons. The number of anilines is 1. The first-order chi connectivity index (χ1) is 13.7. The number of nitrogens with zero attached hydrogens (tertiary/aromatic N) is 4. The Labute approximate surface area is 163 Å². The van der Waals surface area contributed by atoms with E-state index in [0.29, 0.717) is 11.3 Å². The molecule has 0 bridgehead atoms. The van der Waals surface area contributed by atoms with E-state index in [1.165, 1.54) is 17.8 Å². The normalized spacial score (nSPS) is 14.9. The van der Waals surface area contributed by atoms with Crippen LogP contribution in [0.2, 0.25) is 0 Å². The molecule has 0 saturated carbocycles. The molecule has 2 heterocycles. The Hall–Kier alpha value is -3.19. The Bertz CT molecular complexity index is 934. The van der Waals surface area contributed by atoms with Gasteiger partial charge < -0.3 is 9.42 Å². The molecule has 7 nitrogen and oxygen atoms in total. The van der Waals surface area contributed by atoms with Crippen molar-refractivity contribution in [1.82, 2.24) is 10.1 Å². The third-order valence-corrected chi connectivity index (χ3v) is 5.08. The summed E-state index contributed by atoms with van der Waals surface area (Å²) in [6.45, 7) is 4.96. The molecule has 0 N–H and O–H groups in total. The van der Waals surface area contributed by atoms with Crippen LogP contribution in [0.3, 0.4) is 0 Å². The molecule has 0 amide bonds. The zero-order chi connectivity index (χ0) is 19.3. The van der Waals surface area contributed by atoms with Gasteiger partial charge in [-0.1, -0.05) is 35.5 Å². The van der Waals surface area contributed by atoms with Gasteiger partial charge in [-0.15, -0.1) is 0 Å². The van der Waals surface area contributed by atoms with E-state index < -0.39 is 4.92 Å².